The highest BCUT2D eigenvalue weighted by atomic mass is 32.1. The second kappa shape index (κ2) is 8.09. The first-order valence-electron chi connectivity index (χ1n) is 6.73. The second-order valence-electron chi connectivity index (χ2n) is 5.32. The molecule has 0 saturated carbocycles. The zero-order valence-corrected chi connectivity index (χ0v) is 14.1. The van der Waals surface area contributed by atoms with Gasteiger partial charge in [-0.1, -0.05) is 6.92 Å². The van der Waals surface area contributed by atoms with Crippen LogP contribution in [0.5, 0.6) is 0 Å². The van der Waals surface area contributed by atoms with E-state index in [1.807, 2.05) is 24.3 Å². The molecular formula is C14H23N3O3S. The van der Waals surface area contributed by atoms with Crippen molar-refractivity contribution in [1.82, 2.24) is 14.8 Å². The fraction of sp³-hybridized carbons (Fsp3) is 0.643. The van der Waals surface area contributed by atoms with Crippen molar-refractivity contribution in [2.24, 2.45) is 5.92 Å². The molecule has 0 aromatic carbocycles. The van der Waals surface area contributed by atoms with Gasteiger partial charge in [0.05, 0.1) is 25.1 Å². The van der Waals surface area contributed by atoms with Gasteiger partial charge in [0, 0.05) is 32.6 Å². The highest BCUT2D eigenvalue weighted by Gasteiger charge is 2.16. The number of amides is 1. The van der Waals surface area contributed by atoms with Crippen LogP contribution < -0.4 is 0 Å². The molecule has 0 spiro atoms. The number of aromatic nitrogens is 1. The minimum absolute atomic E-state index is 0.0450. The average molecular weight is 313 g/mol. The molecule has 0 aliphatic carbocycles. The van der Waals surface area contributed by atoms with Gasteiger partial charge in [0.25, 0.3) is 0 Å². The van der Waals surface area contributed by atoms with Crippen molar-refractivity contribution < 1.29 is 14.3 Å². The summed E-state index contributed by atoms with van der Waals surface area (Å²) in [5.74, 6) is -0.339. The molecule has 1 heterocycles. The molecule has 0 saturated heterocycles. The molecular weight excluding hydrogens is 290 g/mol. The number of carbonyl (C=O) groups excluding carboxylic acids is 2. The monoisotopic (exact) mass is 313 g/mol. The van der Waals surface area contributed by atoms with Crippen LogP contribution in [0.3, 0.4) is 0 Å². The predicted octanol–water partition coefficient (Wildman–Crippen LogP) is 1.01. The summed E-state index contributed by atoms with van der Waals surface area (Å²) in [5, 5.41) is 2.77. The molecule has 0 aliphatic heterocycles. The largest absolute Gasteiger partial charge is 0.469 e. The highest BCUT2D eigenvalue weighted by molar-refractivity contribution is 7.09. The van der Waals surface area contributed by atoms with Gasteiger partial charge in [-0.15, -0.1) is 11.3 Å². The van der Waals surface area contributed by atoms with E-state index in [-0.39, 0.29) is 17.8 Å². The maximum atomic E-state index is 11.6. The van der Waals surface area contributed by atoms with Gasteiger partial charge in [-0.25, -0.2) is 4.98 Å². The van der Waals surface area contributed by atoms with E-state index in [1.165, 1.54) is 18.4 Å². The molecule has 7 heteroatoms. The van der Waals surface area contributed by atoms with Gasteiger partial charge in [0.1, 0.15) is 5.01 Å². The number of hydrogen-bond acceptors (Lipinski definition) is 6. The van der Waals surface area contributed by atoms with Gasteiger partial charge in [-0.05, 0) is 7.05 Å². The Morgan fingerprint density at radius 2 is 2.05 bits per heavy atom. The van der Waals surface area contributed by atoms with Gasteiger partial charge < -0.3 is 9.64 Å². The van der Waals surface area contributed by atoms with Crippen LogP contribution in [0.2, 0.25) is 0 Å². The van der Waals surface area contributed by atoms with Crippen LogP contribution in [0.4, 0.5) is 0 Å². The van der Waals surface area contributed by atoms with Crippen LogP contribution in [-0.4, -0.2) is 61.5 Å². The molecule has 1 rings (SSSR count). The molecule has 0 radical (unpaired) electrons. The fourth-order valence-corrected chi connectivity index (χ4v) is 2.65. The summed E-state index contributed by atoms with van der Waals surface area (Å²) in [5.41, 5.74) is 0.918. The first kappa shape index (κ1) is 17.6. The van der Waals surface area contributed by atoms with Crippen molar-refractivity contribution >= 4 is 23.2 Å². The van der Waals surface area contributed by atoms with Crippen LogP contribution in [0.15, 0.2) is 5.38 Å². The molecule has 0 fully saturated rings. The summed E-state index contributed by atoms with van der Waals surface area (Å²) < 4.78 is 4.71. The number of nitrogens with zero attached hydrogens (tertiary/aromatic N) is 3. The lowest BCUT2D eigenvalue weighted by molar-refractivity contribution is -0.145. The predicted molar refractivity (Wildman–Crippen MR) is 82.0 cm³/mol. The lowest BCUT2D eigenvalue weighted by Crippen LogP contribution is -2.29. The Hall–Kier alpha value is -1.47. The van der Waals surface area contributed by atoms with Crippen LogP contribution in [0.25, 0.3) is 0 Å². The molecule has 21 heavy (non-hydrogen) atoms. The molecule has 0 N–H and O–H groups in total. The van der Waals surface area contributed by atoms with E-state index in [0.717, 1.165) is 10.7 Å². The van der Waals surface area contributed by atoms with Gasteiger partial charge in [-0.2, -0.15) is 0 Å². The van der Waals surface area contributed by atoms with Crippen LogP contribution in [0, 0.1) is 5.92 Å². The standard InChI is InChI=1S/C14H23N3O3S/c1-10(14(19)20-5)7-17(4)8-11-9-21-12(15-11)6-13(18)16(2)3/h9-10H,6-8H2,1-5H3. The van der Waals surface area contributed by atoms with Gasteiger partial charge in [0.2, 0.25) is 5.91 Å². The van der Waals surface area contributed by atoms with Crippen molar-refractivity contribution in [2.75, 3.05) is 34.8 Å². The fourth-order valence-electron chi connectivity index (χ4n) is 1.87. The molecule has 1 atom stereocenters. The summed E-state index contributed by atoms with van der Waals surface area (Å²) in [6, 6.07) is 0. The molecule has 118 valence electrons. The Kier molecular flexibility index (Phi) is 6.77. The Labute approximate surface area is 129 Å². The van der Waals surface area contributed by atoms with Crippen LogP contribution >= 0.6 is 11.3 Å². The normalized spacial score (nSPS) is 12.3. The third-order valence-electron chi connectivity index (χ3n) is 3.02. The summed E-state index contributed by atoms with van der Waals surface area (Å²) in [4.78, 5) is 31.1. The summed E-state index contributed by atoms with van der Waals surface area (Å²) >= 11 is 1.49. The molecule has 0 bridgehead atoms. The SMILES string of the molecule is COC(=O)C(C)CN(C)Cc1csc(CC(=O)N(C)C)n1. The second-order valence-corrected chi connectivity index (χ2v) is 6.26. The number of esters is 1. The Balaban J connectivity index is 2.50. The van der Waals surface area contributed by atoms with Crippen molar-refractivity contribution in [3.8, 4) is 0 Å². The van der Waals surface area contributed by atoms with E-state index in [9.17, 15) is 9.59 Å². The molecule has 1 aromatic heterocycles. The van der Waals surface area contributed by atoms with Crippen molar-refractivity contribution in [3.05, 3.63) is 16.1 Å². The van der Waals surface area contributed by atoms with E-state index < -0.39 is 0 Å². The molecule has 1 unspecified atom stereocenters. The smallest absolute Gasteiger partial charge is 0.309 e. The van der Waals surface area contributed by atoms with Crippen molar-refractivity contribution in [3.63, 3.8) is 0 Å². The van der Waals surface area contributed by atoms with Crippen molar-refractivity contribution in [1.29, 1.82) is 0 Å². The average Bonchev–Trinajstić information content (AvgIpc) is 2.84. The van der Waals surface area contributed by atoms with Crippen molar-refractivity contribution in [2.45, 2.75) is 19.9 Å². The van der Waals surface area contributed by atoms with E-state index in [1.54, 1.807) is 19.0 Å². The number of ether oxygens (including phenoxy) is 1. The summed E-state index contributed by atoms with van der Waals surface area (Å²) in [6.07, 6.45) is 0.333. The van der Waals surface area contributed by atoms with E-state index in [2.05, 4.69) is 4.98 Å². The molecule has 1 amide bonds. The zero-order valence-electron chi connectivity index (χ0n) is 13.3. The number of hydrogen-bond donors (Lipinski definition) is 0. The van der Waals surface area contributed by atoms with Gasteiger partial charge in [-0.3, -0.25) is 14.5 Å². The first-order chi connectivity index (χ1) is 9.83. The maximum Gasteiger partial charge on any atom is 0.309 e. The Morgan fingerprint density at radius 3 is 2.62 bits per heavy atom. The third-order valence-corrected chi connectivity index (χ3v) is 3.92. The number of carbonyl (C=O) groups is 2. The number of thiazole rings is 1. The minimum atomic E-state index is -0.211. The zero-order chi connectivity index (χ0) is 16.0. The van der Waals surface area contributed by atoms with E-state index in [4.69, 9.17) is 4.74 Å². The Morgan fingerprint density at radius 1 is 1.38 bits per heavy atom. The van der Waals surface area contributed by atoms with E-state index in [0.29, 0.717) is 19.5 Å². The highest BCUT2D eigenvalue weighted by Crippen LogP contribution is 2.13. The number of likely N-dealkylation sites (N-methyl/N-ethyl adjacent to an activating group) is 1. The Bertz CT molecular complexity index is 488. The van der Waals surface area contributed by atoms with Crippen LogP contribution in [-0.2, 0) is 27.3 Å². The molecule has 6 nitrogen and oxygen atoms in total. The van der Waals surface area contributed by atoms with E-state index >= 15 is 0 Å². The van der Waals surface area contributed by atoms with Gasteiger partial charge >= 0.3 is 5.97 Å². The summed E-state index contributed by atoms with van der Waals surface area (Å²) in [7, 11) is 6.80. The van der Waals surface area contributed by atoms with Gasteiger partial charge in [0.15, 0.2) is 0 Å². The lowest BCUT2D eigenvalue weighted by atomic mass is 10.2. The molecule has 0 aliphatic rings. The van der Waals surface area contributed by atoms with Crippen LogP contribution in [0.1, 0.15) is 17.6 Å². The first-order valence-corrected chi connectivity index (χ1v) is 7.61. The summed E-state index contributed by atoms with van der Waals surface area (Å²) in [6.45, 7) is 3.09. The quantitative estimate of drug-likeness (QED) is 0.703. The topological polar surface area (TPSA) is 62.7 Å². The number of rotatable bonds is 7. The third kappa shape index (κ3) is 5.81. The lowest BCUT2D eigenvalue weighted by Gasteiger charge is -2.18. The minimum Gasteiger partial charge on any atom is -0.469 e. The number of methoxy groups -OCH3 is 1. The maximum absolute atomic E-state index is 11.6. The molecule has 1 aromatic rings.